The first-order chi connectivity index (χ1) is 14.5. The van der Waals surface area contributed by atoms with E-state index < -0.39 is 0 Å². The smallest absolute Gasteiger partial charge is 0.258 e. The molecule has 0 aliphatic heterocycles. The highest BCUT2D eigenvalue weighted by Gasteiger charge is 2.20. The lowest BCUT2D eigenvalue weighted by Crippen LogP contribution is -2.35. The molecule has 3 rings (SSSR count). The molecule has 2 N–H and O–H groups in total. The minimum Gasteiger partial charge on any atom is -0.483 e. The maximum Gasteiger partial charge on any atom is 0.258 e. The van der Waals surface area contributed by atoms with Crippen LogP contribution >= 0.6 is 11.3 Å². The highest BCUT2D eigenvalue weighted by Crippen LogP contribution is 2.25. The molecule has 30 heavy (non-hydrogen) atoms. The van der Waals surface area contributed by atoms with Gasteiger partial charge >= 0.3 is 0 Å². The van der Waals surface area contributed by atoms with Crippen LogP contribution in [0, 0.1) is 5.92 Å². The highest BCUT2D eigenvalue weighted by atomic mass is 32.1. The first-order valence-corrected chi connectivity index (χ1v) is 10.8. The lowest BCUT2D eigenvalue weighted by molar-refractivity contribution is -0.124. The van der Waals surface area contributed by atoms with Gasteiger partial charge in [-0.15, -0.1) is 11.3 Å². The topological polar surface area (TPSA) is 67.4 Å². The Bertz CT molecular complexity index is 956. The summed E-state index contributed by atoms with van der Waals surface area (Å²) >= 11 is 1.62. The Hall–Kier alpha value is -3.12. The molecule has 1 atom stereocenters. The molecule has 6 heteroatoms. The molecule has 0 spiro atoms. The number of carbonyl (C=O) groups excluding carboxylic acids is 2. The number of nitrogens with one attached hydrogen (secondary N) is 2. The molecule has 5 nitrogen and oxygen atoms in total. The Morgan fingerprint density at radius 2 is 1.70 bits per heavy atom. The van der Waals surface area contributed by atoms with Crippen molar-refractivity contribution in [1.82, 2.24) is 10.6 Å². The number of carbonyl (C=O) groups is 2. The summed E-state index contributed by atoms with van der Waals surface area (Å²) in [7, 11) is 0. The van der Waals surface area contributed by atoms with Crippen molar-refractivity contribution in [3.8, 4) is 5.75 Å². The number of hydrogen-bond donors (Lipinski definition) is 2. The average molecular weight is 423 g/mol. The van der Waals surface area contributed by atoms with Gasteiger partial charge in [0, 0.05) is 11.4 Å². The van der Waals surface area contributed by atoms with Gasteiger partial charge in [-0.3, -0.25) is 9.59 Å². The third kappa shape index (κ3) is 5.94. The molecule has 0 bridgehead atoms. The Morgan fingerprint density at radius 3 is 2.40 bits per heavy atom. The fourth-order valence-corrected chi connectivity index (χ4v) is 4.00. The summed E-state index contributed by atoms with van der Waals surface area (Å²) in [5.74, 6) is 0.175. The minimum atomic E-state index is -0.242. The van der Waals surface area contributed by atoms with Crippen molar-refractivity contribution in [2.24, 2.45) is 5.92 Å². The van der Waals surface area contributed by atoms with E-state index in [1.807, 2.05) is 47.8 Å². The van der Waals surface area contributed by atoms with Crippen LogP contribution in [0.4, 0.5) is 0 Å². The Kier molecular flexibility index (Phi) is 7.63. The number of ether oxygens (including phenoxy) is 1. The first-order valence-electron chi connectivity index (χ1n) is 9.91. The van der Waals surface area contributed by atoms with Gasteiger partial charge in [0.25, 0.3) is 11.8 Å². The fraction of sp³-hybridized carbons (Fsp3) is 0.250. The molecule has 0 unspecified atom stereocenters. The highest BCUT2D eigenvalue weighted by molar-refractivity contribution is 7.10. The Labute approximate surface area is 181 Å². The van der Waals surface area contributed by atoms with Crippen molar-refractivity contribution >= 4 is 23.2 Å². The Balaban J connectivity index is 1.59. The summed E-state index contributed by atoms with van der Waals surface area (Å²) in [5, 5.41) is 7.92. The van der Waals surface area contributed by atoms with E-state index in [2.05, 4.69) is 24.5 Å². The molecule has 0 radical (unpaired) electrons. The van der Waals surface area contributed by atoms with E-state index in [4.69, 9.17) is 4.74 Å². The number of benzene rings is 2. The predicted molar refractivity (Wildman–Crippen MR) is 120 cm³/mol. The summed E-state index contributed by atoms with van der Waals surface area (Å²) in [6.07, 6.45) is 0. The summed E-state index contributed by atoms with van der Waals surface area (Å²) < 4.78 is 5.70. The maximum atomic E-state index is 12.6. The predicted octanol–water partition coefficient (Wildman–Crippen LogP) is 4.57. The van der Waals surface area contributed by atoms with Crippen LogP contribution in [0.5, 0.6) is 5.75 Å². The van der Waals surface area contributed by atoms with Crippen molar-refractivity contribution in [3.05, 3.63) is 88.1 Å². The molecule has 0 saturated heterocycles. The number of hydrogen-bond acceptors (Lipinski definition) is 4. The van der Waals surface area contributed by atoms with Gasteiger partial charge in [0.05, 0.1) is 11.6 Å². The van der Waals surface area contributed by atoms with E-state index in [9.17, 15) is 9.59 Å². The molecule has 2 amide bonds. The number of rotatable bonds is 9. The van der Waals surface area contributed by atoms with E-state index >= 15 is 0 Å². The molecule has 1 aromatic heterocycles. The second-order valence-electron chi connectivity index (χ2n) is 7.26. The van der Waals surface area contributed by atoms with Gasteiger partial charge in [-0.1, -0.05) is 62.4 Å². The fourth-order valence-electron chi connectivity index (χ4n) is 3.05. The lowest BCUT2D eigenvalue weighted by atomic mass is 10.0. The van der Waals surface area contributed by atoms with Gasteiger partial charge in [-0.2, -0.15) is 0 Å². The van der Waals surface area contributed by atoms with Crippen LogP contribution in [0.15, 0.2) is 72.1 Å². The van der Waals surface area contributed by atoms with Crippen molar-refractivity contribution < 1.29 is 14.3 Å². The van der Waals surface area contributed by atoms with E-state index in [0.29, 0.717) is 17.9 Å². The molecule has 0 saturated carbocycles. The summed E-state index contributed by atoms with van der Waals surface area (Å²) in [4.78, 5) is 26.2. The summed E-state index contributed by atoms with van der Waals surface area (Å²) in [6.45, 7) is 4.40. The third-order valence-corrected chi connectivity index (χ3v) is 5.57. The van der Waals surface area contributed by atoms with Gasteiger partial charge < -0.3 is 15.4 Å². The molecular formula is C24H26N2O3S. The molecular weight excluding hydrogens is 396 g/mol. The quantitative estimate of drug-likeness (QED) is 0.531. The number of para-hydroxylation sites is 1. The zero-order valence-electron chi connectivity index (χ0n) is 17.1. The van der Waals surface area contributed by atoms with E-state index in [-0.39, 0.29) is 30.4 Å². The van der Waals surface area contributed by atoms with Crippen molar-refractivity contribution in [2.45, 2.75) is 26.4 Å². The van der Waals surface area contributed by atoms with Crippen LogP contribution in [-0.4, -0.2) is 18.4 Å². The molecule has 0 fully saturated rings. The van der Waals surface area contributed by atoms with Crippen LogP contribution in [0.2, 0.25) is 0 Å². The Morgan fingerprint density at radius 1 is 0.967 bits per heavy atom. The van der Waals surface area contributed by atoms with Gasteiger partial charge in [-0.05, 0) is 35.1 Å². The maximum absolute atomic E-state index is 12.6. The second kappa shape index (κ2) is 10.6. The van der Waals surface area contributed by atoms with Crippen LogP contribution in [0.25, 0.3) is 0 Å². The molecule has 0 aliphatic rings. The van der Waals surface area contributed by atoms with Crippen LogP contribution in [0.1, 0.15) is 40.7 Å². The molecule has 3 aromatic rings. The zero-order chi connectivity index (χ0) is 21.3. The van der Waals surface area contributed by atoms with Crippen molar-refractivity contribution in [3.63, 3.8) is 0 Å². The summed E-state index contributed by atoms with van der Waals surface area (Å²) in [5.41, 5.74) is 1.41. The molecule has 2 aromatic carbocycles. The van der Waals surface area contributed by atoms with Crippen molar-refractivity contribution in [1.29, 1.82) is 0 Å². The van der Waals surface area contributed by atoms with E-state index in [1.54, 1.807) is 35.6 Å². The zero-order valence-corrected chi connectivity index (χ0v) is 17.9. The first kappa shape index (κ1) is 21.6. The lowest BCUT2D eigenvalue weighted by Gasteiger charge is -2.21. The summed E-state index contributed by atoms with van der Waals surface area (Å²) in [6, 6.07) is 20.6. The minimum absolute atomic E-state index is 0.0643. The van der Waals surface area contributed by atoms with Gasteiger partial charge in [0.1, 0.15) is 5.75 Å². The SMILES string of the molecule is CC(C)[C@H](NC(=O)COc1ccccc1C(=O)NCc1ccccc1)c1cccs1. The molecule has 156 valence electrons. The standard InChI is InChI=1S/C24H26N2O3S/c1-17(2)23(21-13-8-14-30-21)26-22(27)16-29-20-12-7-6-11-19(20)24(28)25-15-18-9-4-3-5-10-18/h3-14,17,23H,15-16H2,1-2H3,(H,25,28)(H,26,27)/t23-/m0/s1. The van der Waals surface area contributed by atoms with Gasteiger partial charge in [0.15, 0.2) is 6.61 Å². The van der Waals surface area contributed by atoms with E-state index in [0.717, 1.165) is 10.4 Å². The van der Waals surface area contributed by atoms with Crippen molar-refractivity contribution in [2.75, 3.05) is 6.61 Å². The van der Waals surface area contributed by atoms with Gasteiger partial charge in [0.2, 0.25) is 0 Å². The average Bonchev–Trinajstić information content (AvgIpc) is 3.29. The number of thiophene rings is 1. The third-order valence-electron chi connectivity index (χ3n) is 4.62. The van der Waals surface area contributed by atoms with E-state index in [1.165, 1.54) is 0 Å². The molecule has 0 aliphatic carbocycles. The molecule has 1 heterocycles. The van der Waals surface area contributed by atoms with Crippen LogP contribution in [-0.2, 0) is 11.3 Å². The van der Waals surface area contributed by atoms with Crippen LogP contribution < -0.4 is 15.4 Å². The normalized spacial score (nSPS) is 11.7. The van der Waals surface area contributed by atoms with Gasteiger partial charge in [-0.25, -0.2) is 0 Å². The number of amides is 2. The monoisotopic (exact) mass is 422 g/mol. The largest absolute Gasteiger partial charge is 0.483 e. The second-order valence-corrected chi connectivity index (χ2v) is 8.24. The van der Waals surface area contributed by atoms with Crippen LogP contribution in [0.3, 0.4) is 0 Å².